The minimum Gasteiger partial charge on any atom is -0.294 e. The topological polar surface area (TPSA) is 68.1 Å². The molecule has 3 rings (SSSR count). The lowest BCUT2D eigenvalue weighted by Gasteiger charge is -2.16. The molecule has 1 aromatic carbocycles. The molecule has 102 valence electrons. The molecule has 0 unspecified atom stereocenters. The molecule has 0 saturated carbocycles. The van der Waals surface area contributed by atoms with Crippen LogP contribution in [0.3, 0.4) is 0 Å². The number of nitrogens with zero attached hydrogens (tertiary/aromatic N) is 4. The maximum Gasteiger partial charge on any atom is 0.300 e. The van der Waals surface area contributed by atoms with Crippen LogP contribution in [-0.4, -0.2) is 26.5 Å². The van der Waals surface area contributed by atoms with Crippen molar-refractivity contribution in [2.24, 2.45) is 7.05 Å². The summed E-state index contributed by atoms with van der Waals surface area (Å²) in [5, 5.41) is 3.81. The Balaban J connectivity index is 2.11. The van der Waals surface area contributed by atoms with E-state index in [1.807, 2.05) is 0 Å². The minimum absolute atomic E-state index is 0.158. The second-order valence-electron chi connectivity index (χ2n) is 4.27. The highest BCUT2D eigenvalue weighted by atomic mass is 19.1. The van der Waals surface area contributed by atoms with Crippen LogP contribution in [-0.2, 0) is 18.4 Å². The Hall–Kier alpha value is -2.64. The van der Waals surface area contributed by atoms with E-state index in [2.05, 4.69) is 10.1 Å². The van der Waals surface area contributed by atoms with Crippen molar-refractivity contribution < 1.29 is 18.4 Å². The summed E-state index contributed by atoms with van der Waals surface area (Å²) in [6, 6.07) is 1.70. The summed E-state index contributed by atoms with van der Waals surface area (Å²) in [5.41, 5.74) is -0.875. The molecule has 0 bridgehead atoms. The van der Waals surface area contributed by atoms with Crippen molar-refractivity contribution in [2.75, 3.05) is 4.90 Å². The largest absolute Gasteiger partial charge is 0.300 e. The van der Waals surface area contributed by atoms with E-state index in [0.29, 0.717) is 5.82 Å². The third-order valence-corrected chi connectivity index (χ3v) is 3.12. The molecule has 0 radical (unpaired) electrons. The summed E-state index contributed by atoms with van der Waals surface area (Å²) in [6.45, 7) is -0.158. The highest BCUT2D eigenvalue weighted by Crippen LogP contribution is 2.34. The number of Topliss-reactive ketones (excluding diaryl/α,β-unsaturated/α-hetero) is 1. The van der Waals surface area contributed by atoms with Gasteiger partial charge in [-0.2, -0.15) is 5.10 Å². The van der Waals surface area contributed by atoms with E-state index in [1.165, 1.54) is 11.0 Å². The zero-order chi connectivity index (χ0) is 14.4. The van der Waals surface area contributed by atoms with Gasteiger partial charge in [0.2, 0.25) is 0 Å². The van der Waals surface area contributed by atoms with Crippen molar-refractivity contribution >= 4 is 17.4 Å². The second kappa shape index (κ2) is 4.19. The van der Waals surface area contributed by atoms with Crippen molar-refractivity contribution in [2.45, 2.75) is 6.54 Å². The van der Waals surface area contributed by atoms with Gasteiger partial charge in [-0.1, -0.05) is 0 Å². The van der Waals surface area contributed by atoms with Gasteiger partial charge in [0.05, 0.1) is 17.8 Å². The first-order chi connectivity index (χ1) is 9.50. The third kappa shape index (κ3) is 1.61. The Labute approximate surface area is 111 Å². The van der Waals surface area contributed by atoms with Gasteiger partial charge < -0.3 is 0 Å². The number of fused-ring (bicyclic) bond motifs is 1. The Kier molecular flexibility index (Phi) is 2.60. The van der Waals surface area contributed by atoms with E-state index < -0.39 is 28.9 Å². The Bertz CT molecular complexity index is 741. The highest BCUT2D eigenvalue weighted by Gasteiger charge is 2.41. The van der Waals surface area contributed by atoms with Gasteiger partial charge in [0.15, 0.2) is 0 Å². The highest BCUT2D eigenvalue weighted by molar-refractivity contribution is 6.52. The molecule has 6 nitrogen and oxygen atoms in total. The number of carbonyl (C=O) groups excluding carboxylic acids is 2. The smallest absolute Gasteiger partial charge is 0.294 e. The van der Waals surface area contributed by atoms with Gasteiger partial charge >= 0.3 is 0 Å². The van der Waals surface area contributed by atoms with Crippen LogP contribution in [0.4, 0.5) is 14.5 Å². The molecule has 0 N–H and O–H groups in total. The van der Waals surface area contributed by atoms with E-state index in [-0.39, 0.29) is 12.2 Å². The maximum absolute atomic E-state index is 13.8. The molecular formula is C12H8F2N4O2. The average Bonchev–Trinajstić information content (AvgIpc) is 2.92. The molecule has 1 aliphatic rings. The van der Waals surface area contributed by atoms with Crippen molar-refractivity contribution in [3.05, 3.63) is 41.5 Å². The van der Waals surface area contributed by atoms with Crippen LogP contribution in [0.1, 0.15) is 16.2 Å². The fourth-order valence-corrected chi connectivity index (χ4v) is 2.11. The standard InChI is InChI=1S/C12H8F2N4O2/c1-17-8(15-5-16-17)4-18-10-7(14)3-2-6(13)9(10)11(19)12(18)20/h2-3,5H,4H2,1H3. The number of ketones is 1. The predicted molar refractivity (Wildman–Crippen MR) is 62.9 cm³/mol. The van der Waals surface area contributed by atoms with Crippen molar-refractivity contribution in [3.8, 4) is 0 Å². The molecular weight excluding hydrogens is 270 g/mol. The summed E-state index contributed by atoms with van der Waals surface area (Å²) >= 11 is 0. The van der Waals surface area contributed by atoms with E-state index in [0.717, 1.165) is 17.0 Å². The van der Waals surface area contributed by atoms with E-state index in [9.17, 15) is 18.4 Å². The molecule has 0 saturated heterocycles. The second-order valence-corrected chi connectivity index (χ2v) is 4.27. The van der Waals surface area contributed by atoms with Crippen LogP contribution in [0.2, 0.25) is 0 Å². The first-order valence-electron chi connectivity index (χ1n) is 5.67. The van der Waals surface area contributed by atoms with Gasteiger partial charge in [-0.25, -0.2) is 13.8 Å². The zero-order valence-corrected chi connectivity index (χ0v) is 10.3. The lowest BCUT2D eigenvalue weighted by Crippen LogP contribution is -2.30. The number of benzene rings is 1. The minimum atomic E-state index is -1.06. The van der Waals surface area contributed by atoms with Gasteiger partial charge in [-0.15, -0.1) is 0 Å². The number of hydrogen-bond donors (Lipinski definition) is 0. The molecule has 0 spiro atoms. The third-order valence-electron chi connectivity index (χ3n) is 3.12. The molecule has 1 aliphatic heterocycles. The van der Waals surface area contributed by atoms with E-state index in [4.69, 9.17) is 0 Å². The SMILES string of the molecule is Cn1ncnc1CN1C(=O)C(=O)c2c(F)ccc(F)c21. The quantitative estimate of drug-likeness (QED) is 0.763. The van der Waals surface area contributed by atoms with Gasteiger partial charge in [0.1, 0.15) is 23.8 Å². The molecule has 1 aromatic heterocycles. The fraction of sp³-hybridized carbons (Fsp3) is 0.167. The molecule has 0 atom stereocenters. The molecule has 2 aromatic rings. The van der Waals surface area contributed by atoms with Crippen molar-refractivity contribution in [1.82, 2.24) is 14.8 Å². The van der Waals surface area contributed by atoms with Crippen LogP contribution < -0.4 is 4.90 Å². The van der Waals surface area contributed by atoms with Crippen LogP contribution in [0.5, 0.6) is 0 Å². The van der Waals surface area contributed by atoms with Crippen LogP contribution in [0, 0.1) is 11.6 Å². The molecule has 0 aliphatic carbocycles. The number of halogens is 2. The summed E-state index contributed by atoms with van der Waals surface area (Å²) < 4.78 is 28.8. The number of rotatable bonds is 2. The normalized spacial score (nSPS) is 14.1. The number of amides is 1. The number of aromatic nitrogens is 3. The number of aryl methyl sites for hydroxylation is 1. The van der Waals surface area contributed by atoms with Crippen molar-refractivity contribution in [1.29, 1.82) is 0 Å². The van der Waals surface area contributed by atoms with Gasteiger partial charge in [-0.05, 0) is 12.1 Å². The average molecular weight is 278 g/mol. The fourth-order valence-electron chi connectivity index (χ4n) is 2.11. The summed E-state index contributed by atoms with van der Waals surface area (Å²) in [5.74, 6) is -3.43. The van der Waals surface area contributed by atoms with Crippen LogP contribution >= 0.6 is 0 Å². The molecule has 8 heteroatoms. The van der Waals surface area contributed by atoms with Gasteiger partial charge in [0.25, 0.3) is 11.7 Å². The maximum atomic E-state index is 13.8. The Morgan fingerprint density at radius 3 is 2.55 bits per heavy atom. The monoisotopic (exact) mass is 278 g/mol. The lowest BCUT2D eigenvalue weighted by atomic mass is 10.1. The summed E-state index contributed by atoms with van der Waals surface area (Å²) in [4.78, 5) is 28.4. The summed E-state index contributed by atoms with van der Waals surface area (Å²) in [6.07, 6.45) is 1.26. The predicted octanol–water partition coefficient (Wildman–Crippen LogP) is 0.823. The first kappa shape index (κ1) is 12.4. The van der Waals surface area contributed by atoms with Gasteiger partial charge in [-0.3, -0.25) is 19.2 Å². The van der Waals surface area contributed by atoms with Crippen LogP contribution in [0.25, 0.3) is 0 Å². The molecule has 20 heavy (non-hydrogen) atoms. The van der Waals surface area contributed by atoms with Crippen LogP contribution in [0.15, 0.2) is 18.5 Å². The Morgan fingerprint density at radius 2 is 1.90 bits per heavy atom. The molecule has 2 heterocycles. The van der Waals surface area contributed by atoms with Crippen molar-refractivity contribution in [3.63, 3.8) is 0 Å². The number of anilines is 1. The lowest BCUT2D eigenvalue weighted by molar-refractivity contribution is -0.114. The Morgan fingerprint density at radius 1 is 1.20 bits per heavy atom. The van der Waals surface area contributed by atoms with E-state index in [1.54, 1.807) is 7.05 Å². The summed E-state index contributed by atoms with van der Waals surface area (Å²) in [7, 11) is 1.59. The first-order valence-corrected chi connectivity index (χ1v) is 5.67. The molecule has 0 fully saturated rings. The molecule has 1 amide bonds. The zero-order valence-electron chi connectivity index (χ0n) is 10.3. The van der Waals surface area contributed by atoms with Gasteiger partial charge in [0, 0.05) is 7.05 Å². The van der Waals surface area contributed by atoms with E-state index >= 15 is 0 Å². The number of hydrogen-bond acceptors (Lipinski definition) is 4. The number of carbonyl (C=O) groups is 2.